The van der Waals surface area contributed by atoms with Crippen LogP contribution in [0.2, 0.25) is 0 Å². The third kappa shape index (κ3) is 3.38. The molecular weight excluding hydrogens is 272 g/mol. The van der Waals surface area contributed by atoms with Gasteiger partial charge in [-0.25, -0.2) is 0 Å². The fourth-order valence-electron chi connectivity index (χ4n) is 3.23. The largest absolute Gasteiger partial charge is 0.465 e. The SMILES string of the molecule is O=C1OCCC1(CCc1ccccc1)CCc1ccccc1. The van der Waals surface area contributed by atoms with Gasteiger partial charge in [0.1, 0.15) is 0 Å². The molecule has 0 atom stereocenters. The van der Waals surface area contributed by atoms with E-state index in [1.54, 1.807) is 0 Å². The fourth-order valence-corrected chi connectivity index (χ4v) is 3.23. The second kappa shape index (κ2) is 6.78. The Morgan fingerprint density at radius 3 is 1.73 bits per heavy atom. The highest BCUT2D eigenvalue weighted by Gasteiger charge is 2.43. The number of hydrogen-bond acceptors (Lipinski definition) is 2. The first-order valence-corrected chi connectivity index (χ1v) is 8.04. The highest BCUT2D eigenvalue weighted by Crippen LogP contribution is 2.39. The molecular formula is C20H22O2. The number of hydrogen-bond donors (Lipinski definition) is 0. The van der Waals surface area contributed by atoms with E-state index in [0.29, 0.717) is 6.61 Å². The number of esters is 1. The van der Waals surface area contributed by atoms with Gasteiger partial charge in [-0.05, 0) is 43.2 Å². The first-order valence-electron chi connectivity index (χ1n) is 8.04. The van der Waals surface area contributed by atoms with Crippen molar-refractivity contribution >= 4 is 5.97 Å². The number of carbonyl (C=O) groups excluding carboxylic acids is 1. The summed E-state index contributed by atoms with van der Waals surface area (Å²) >= 11 is 0. The van der Waals surface area contributed by atoms with Crippen LogP contribution in [-0.2, 0) is 22.4 Å². The van der Waals surface area contributed by atoms with Crippen molar-refractivity contribution < 1.29 is 9.53 Å². The average Bonchev–Trinajstić information content (AvgIpc) is 2.94. The molecule has 0 amide bonds. The second-order valence-electron chi connectivity index (χ2n) is 6.14. The maximum absolute atomic E-state index is 12.3. The second-order valence-corrected chi connectivity index (χ2v) is 6.14. The van der Waals surface area contributed by atoms with Crippen molar-refractivity contribution in [2.24, 2.45) is 5.41 Å². The van der Waals surface area contributed by atoms with E-state index in [-0.39, 0.29) is 11.4 Å². The minimum Gasteiger partial charge on any atom is -0.465 e. The van der Waals surface area contributed by atoms with Gasteiger partial charge in [-0.3, -0.25) is 4.79 Å². The molecule has 0 radical (unpaired) electrons. The van der Waals surface area contributed by atoms with Gasteiger partial charge in [0.15, 0.2) is 0 Å². The molecule has 1 aliphatic heterocycles. The van der Waals surface area contributed by atoms with Crippen LogP contribution in [0.15, 0.2) is 60.7 Å². The number of carbonyl (C=O) groups is 1. The van der Waals surface area contributed by atoms with Crippen LogP contribution in [-0.4, -0.2) is 12.6 Å². The van der Waals surface area contributed by atoms with Crippen LogP contribution in [0.5, 0.6) is 0 Å². The van der Waals surface area contributed by atoms with Crippen LogP contribution < -0.4 is 0 Å². The fraction of sp³-hybridized carbons (Fsp3) is 0.350. The van der Waals surface area contributed by atoms with Gasteiger partial charge in [0, 0.05) is 0 Å². The topological polar surface area (TPSA) is 26.3 Å². The predicted octanol–water partition coefficient (Wildman–Crippen LogP) is 4.19. The zero-order valence-electron chi connectivity index (χ0n) is 12.8. The van der Waals surface area contributed by atoms with Crippen molar-refractivity contribution in [2.45, 2.75) is 32.1 Å². The van der Waals surface area contributed by atoms with Crippen LogP contribution in [0.1, 0.15) is 30.4 Å². The highest BCUT2D eigenvalue weighted by molar-refractivity contribution is 5.78. The van der Waals surface area contributed by atoms with E-state index >= 15 is 0 Å². The van der Waals surface area contributed by atoms with E-state index < -0.39 is 0 Å². The molecule has 0 unspecified atom stereocenters. The van der Waals surface area contributed by atoms with Crippen LogP contribution in [0.3, 0.4) is 0 Å². The van der Waals surface area contributed by atoms with Crippen molar-refractivity contribution in [1.29, 1.82) is 0 Å². The Labute approximate surface area is 132 Å². The van der Waals surface area contributed by atoms with Crippen LogP contribution in [0.25, 0.3) is 0 Å². The van der Waals surface area contributed by atoms with Crippen molar-refractivity contribution in [3.63, 3.8) is 0 Å². The lowest BCUT2D eigenvalue weighted by Gasteiger charge is -2.24. The third-order valence-corrected chi connectivity index (χ3v) is 4.72. The van der Waals surface area contributed by atoms with Crippen LogP contribution >= 0.6 is 0 Å². The summed E-state index contributed by atoms with van der Waals surface area (Å²) in [5.41, 5.74) is 2.29. The molecule has 0 aliphatic carbocycles. The minimum absolute atomic E-state index is 0.000591. The van der Waals surface area contributed by atoms with Gasteiger partial charge in [0.25, 0.3) is 0 Å². The molecule has 2 aromatic carbocycles. The first kappa shape index (κ1) is 14.8. The summed E-state index contributed by atoms with van der Waals surface area (Å²) in [5, 5.41) is 0. The molecule has 3 rings (SSSR count). The molecule has 0 spiro atoms. The Balaban J connectivity index is 1.67. The number of aryl methyl sites for hydroxylation is 2. The van der Waals surface area contributed by atoms with Crippen molar-refractivity contribution in [3.05, 3.63) is 71.8 Å². The maximum Gasteiger partial charge on any atom is 0.312 e. The molecule has 2 nitrogen and oxygen atoms in total. The van der Waals surface area contributed by atoms with Gasteiger partial charge in [-0.1, -0.05) is 60.7 Å². The van der Waals surface area contributed by atoms with Gasteiger partial charge >= 0.3 is 5.97 Å². The Morgan fingerprint density at radius 1 is 0.818 bits per heavy atom. The van der Waals surface area contributed by atoms with Crippen LogP contribution in [0.4, 0.5) is 0 Å². The summed E-state index contributed by atoms with van der Waals surface area (Å²) in [6, 6.07) is 20.8. The average molecular weight is 294 g/mol. The third-order valence-electron chi connectivity index (χ3n) is 4.72. The zero-order chi connectivity index (χ0) is 15.3. The maximum atomic E-state index is 12.3. The standard InChI is InChI=1S/C20H22O2/c21-19-20(15-16-22-19,13-11-17-7-3-1-4-8-17)14-12-18-9-5-2-6-10-18/h1-10H,11-16H2. The van der Waals surface area contributed by atoms with Crippen molar-refractivity contribution in [2.75, 3.05) is 6.61 Å². The molecule has 1 heterocycles. The van der Waals surface area contributed by atoms with E-state index in [4.69, 9.17) is 4.74 Å². The smallest absolute Gasteiger partial charge is 0.312 e. The molecule has 0 bridgehead atoms. The molecule has 1 saturated heterocycles. The van der Waals surface area contributed by atoms with E-state index in [0.717, 1.165) is 32.1 Å². The summed E-state index contributed by atoms with van der Waals surface area (Å²) in [6.07, 6.45) is 4.48. The lowest BCUT2D eigenvalue weighted by atomic mass is 9.76. The summed E-state index contributed by atoms with van der Waals surface area (Å²) in [7, 11) is 0. The molecule has 1 fully saturated rings. The molecule has 0 aromatic heterocycles. The molecule has 0 saturated carbocycles. The number of benzene rings is 2. The molecule has 0 N–H and O–H groups in total. The Morgan fingerprint density at radius 2 is 1.32 bits per heavy atom. The van der Waals surface area contributed by atoms with E-state index in [9.17, 15) is 4.79 Å². The van der Waals surface area contributed by atoms with Crippen molar-refractivity contribution in [1.82, 2.24) is 0 Å². The predicted molar refractivity (Wildman–Crippen MR) is 87.5 cm³/mol. The van der Waals surface area contributed by atoms with Gasteiger partial charge in [0.05, 0.1) is 12.0 Å². The molecule has 2 aromatic rings. The lowest BCUT2D eigenvalue weighted by molar-refractivity contribution is -0.146. The van der Waals surface area contributed by atoms with E-state index in [1.807, 2.05) is 12.1 Å². The number of rotatable bonds is 6. The molecule has 2 heteroatoms. The summed E-state index contributed by atoms with van der Waals surface area (Å²) in [4.78, 5) is 12.3. The molecule has 114 valence electrons. The minimum atomic E-state index is -0.300. The van der Waals surface area contributed by atoms with Crippen LogP contribution in [0, 0.1) is 5.41 Å². The summed E-state index contributed by atoms with van der Waals surface area (Å²) < 4.78 is 5.31. The zero-order valence-corrected chi connectivity index (χ0v) is 12.8. The lowest BCUT2D eigenvalue weighted by Crippen LogP contribution is -2.28. The molecule has 1 aliphatic rings. The quantitative estimate of drug-likeness (QED) is 0.747. The van der Waals surface area contributed by atoms with E-state index in [1.165, 1.54) is 11.1 Å². The Hall–Kier alpha value is -2.09. The Bertz CT molecular complexity index is 561. The van der Waals surface area contributed by atoms with Gasteiger partial charge in [0.2, 0.25) is 0 Å². The summed E-state index contributed by atoms with van der Waals surface area (Å²) in [6.45, 7) is 0.572. The van der Waals surface area contributed by atoms with E-state index in [2.05, 4.69) is 48.5 Å². The first-order chi connectivity index (χ1) is 10.8. The highest BCUT2D eigenvalue weighted by atomic mass is 16.5. The van der Waals surface area contributed by atoms with Crippen molar-refractivity contribution in [3.8, 4) is 0 Å². The van der Waals surface area contributed by atoms with Gasteiger partial charge in [-0.2, -0.15) is 0 Å². The van der Waals surface area contributed by atoms with Gasteiger partial charge in [-0.15, -0.1) is 0 Å². The Kier molecular flexibility index (Phi) is 4.57. The monoisotopic (exact) mass is 294 g/mol. The normalized spacial score (nSPS) is 16.5. The molecule has 22 heavy (non-hydrogen) atoms. The number of ether oxygens (including phenoxy) is 1. The summed E-state index contributed by atoms with van der Waals surface area (Å²) in [5.74, 6) is -0.000591. The number of cyclic esters (lactones) is 1. The van der Waals surface area contributed by atoms with Gasteiger partial charge < -0.3 is 4.74 Å².